The van der Waals surface area contributed by atoms with Crippen molar-refractivity contribution in [1.82, 2.24) is 0 Å². The second-order valence-corrected chi connectivity index (χ2v) is 7.51. The molecule has 24 heavy (non-hydrogen) atoms. The number of ketones is 1. The van der Waals surface area contributed by atoms with Crippen molar-refractivity contribution in [3.8, 4) is 11.5 Å². The van der Waals surface area contributed by atoms with Gasteiger partial charge in [0.1, 0.15) is 17.1 Å². The van der Waals surface area contributed by atoms with E-state index in [2.05, 4.69) is 26.8 Å². The molecule has 1 aromatic carbocycles. The summed E-state index contributed by atoms with van der Waals surface area (Å²) in [5.74, 6) is 1.74. The van der Waals surface area contributed by atoms with Crippen LogP contribution in [0.1, 0.15) is 64.0 Å². The molecule has 1 heterocycles. The second kappa shape index (κ2) is 6.12. The van der Waals surface area contributed by atoms with Crippen molar-refractivity contribution in [2.45, 2.75) is 58.5 Å². The molecule has 2 unspecified atom stereocenters. The predicted octanol–water partition coefficient (Wildman–Crippen LogP) is 5.00. The van der Waals surface area contributed by atoms with Gasteiger partial charge in [-0.25, -0.2) is 0 Å². The van der Waals surface area contributed by atoms with E-state index in [-0.39, 0.29) is 23.1 Å². The van der Waals surface area contributed by atoms with Crippen LogP contribution >= 0.6 is 0 Å². The summed E-state index contributed by atoms with van der Waals surface area (Å²) in [6, 6.07) is 3.69. The lowest BCUT2D eigenvalue weighted by Crippen LogP contribution is -2.45. The molecule has 0 saturated heterocycles. The molecule has 2 aliphatic rings. The van der Waals surface area contributed by atoms with Gasteiger partial charge in [-0.3, -0.25) is 4.79 Å². The van der Waals surface area contributed by atoms with Crippen LogP contribution in [0.5, 0.6) is 11.5 Å². The minimum absolute atomic E-state index is 0.0709. The number of rotatable bonds is 3. The lowest BCUT2D eigenvalue weighted by atomic mass is 9.67. The molecule has 3 rings (SSSR count). The number of hydrogen-bond acceptors (Lipinski definition) is 3. The van der Waals surface area contributed by atoms with Gasteiger partial charge < -0.3 is 9.84 Å². The van der Waals surface area contributed by atoms with Gasteiger partial charge in [-0.2, -0.15) is 0 Å². The minimum atomic E-state index is -0.275. The Morgan fingerprint density at radius 1 is 1.42 bits per heavy atom. The van der Waals surface area contributed by atoms with Gasteiger partial charge in [0.2, 0.25) is 0 Å². The molecule has 128 valence electrons. The normalized spacial score (nSPS) is 24.8. The lowest BCUT2D eigenvalue weighted by Gasteiger charge is -2.47. The zero-order valence-electron chi connectivity index (χ0n) is 14.9. The van der Waals surface area contributed by atoms with E-state index in [0.717, 1.165) is 29.7 Å². The number of phenols is 1. The third-order valence-corrected chi connectivity index (χ3v) is 5.34. The standard InChI is InChI=1S/C21H26O3/c1-5-15(22)8-7-14-11-18(23)20-16-10-13(2)6-9-17(16)21(3,4)24-19(20)12-14/h6-8,11-12,16-17,23H,5,9-10H2,1-4H3. The van der Waals surface area contributed by atoms with Crippen molar-refractivity contribution < 1.29 is 14.6 Å². The zero-order chi connectivity index (χ0) is 17.5. The fraction of sp³-hybridized carbons (Fsp3) is 0.476. The van der Waals surface area contributed by atoms with Crippen molar-refractivity contribution >= 4 is 11.9 Å². The van der Waals surface area contributed by atoms with Crippen LogP contribution in [-0.2, 0) is 4.79 Å². The summed E-state index contributed by atoms with van der Waals surface area (Å²) < 4.78 is 6.27. The number of carbonyl (C=O) groups excluding carboxylic acids is 1. The topological polar surface area (TPSA) is 46.5 Å². The molecule has 0 amide bonds. The molecule has 1 aliphatic heterocycles. The third-order valence-electron chi connectivity index (χ3n) is 5.34. The quantitative estimate of drug-likeness (QED) is 0.628. The first-order valence-corrected chi connectivity index (χ1v) is 8.74. The number of benzene rings is 1. The van der Waals surface area contributed by atoms with Crippen molar-refractivity contribution in [1.29, 1.82) is 0 Å². The van der Waals surface area contributed by atoms with E-state index in [1.807, 2.05) is 13.0 Å². The van der Waals surface area contributed by atoms with Gasteiger partial charge in [0, 0.05) is 23.8 Å². The molecule has 0 aromatic heterocycles. The maximum absolute atomic E-state index is 11.5. The Labute approximate surface area is 144 Å². The van der Waals surface area contributed by atoms with Gasteiger partial charge in [0.05, 0.1) is 0 Å². The summed E-state index contributed by atoms with van der Waals surface area (Å²) in [6.07, 6.45) is 8.02. The van der Waals surface area contributed by atoms with Gasteiger partial charge in [-0.15, -0.1) is 0 Å². The summed E-state index contributed by atoms with van der Waals surface area (Å²) >= 11 is 0. The molecule has 1 aromatic rings. The highest BCUT2D eigenvalue weighted by Gasteiger charge is 2.45. The second-order valence-electron chi connectivity index (χ2n) is 7.51. The van der Waals surface area contributed by atoms with Crippen LogP contribution in [-0.4, -0.2) is 16.5 Å². The zero-order valence-corrected chi connectivity index (χ0v) is 14.9. The first kappa shape index (κ1) is 16.8. The molecular weight excluding hydrogens is 300 g/mol. The largest absolute Gasteiger partial charge is 0.507 e. The van der Waals surface area contributed by atoms with Gasteiger partial charge >= 0.3 is 0 Å². The number of ether oxygens (including phenoxy) is 1. The van der Waals surface area contributed by atoms with E-state index in [9.17, 15) is 9.90 Å². The maximum atomic E-state index is 11.5. The third kappa shape index (κ3) is 3.00. The average molecular weight is 326 g/mol. The molecule has 0 bridgehead atoms. The highest BCUT2D eigenvalue weighted by molar-refractivity contribution is 5.93. The number of aromatic hydroxyl groups is 1. The van der Waals surface area contributed by atoms with Crippen LogP contribution < -0.4 is 4.74 Å². The van der Waals surface area contributed by atoms with Crippen molar-refractivity contribution in [3.05, 3.63) is 41.0 Å². The van der Waals surface area contributed by atoms with Crippen LogP contribution in [0.4, 0.5) is 0 Å². The molecule has 1 N–H and O–H groups in total. The van der Waals surface area contributed by atoms with Crippen LogP contribution in [0.25, 0.3) is 6.08 Å². The number of fused-ring (bicyclic) bond motifs is 3. The van der Waals surface area contributed by atoms with E-state index in [0.29, 0.717) is 12.3 Å². The van der Waals surface area contributed by atoms with Gasteiger partial charge in [0.15, 0.2) is 5.78 Å². The molecule has 3 heteroatoms. The van der Waals surface area contributed by atoms with Gasteiger partial charge in [-0.1, -0.05) is 24.6 Å². The fourth-order valence-electron chi connectivity index (χ4n) is 3.99. The Balaban J connectivity index is 2.04. The Morgan fingerprint density at radius 3 is 2.88 bits per heavy atom. The molecule has 1 aliphatic carbocycles. The first-order valence-electron chi connectivity index (χ1n) is 8.74. The number of phenolic OH excluding ortho intramolecular Hbond substituents is 1. The molecule has 0 fully saturated rings. The smallest absolute Gasteiger partial charge is 0.155 e. The maximum Gasteiger partial charge on any atom is 0.155 e. The molecule has 0 spiro atoms. The summed E-state index contributed by atoms with van der Waals surface area (Å²) in [5, 5.41) is 10.6. The molecule has 3 nitrogen and oxygen atoms in total. The highest BCUT2D eigenvalue weighted by atomic mass is 16.5. The summed E-state index contributed by atoms with van der Waals surface area (Å²) in [4.78, 5) is 11.5. The molecular formula is C21H26O3. The molecule has 2 atom stereocenters. The van der Waals surface area contributed by atoms with Crippen LogP contribution in [0.15, 0.2) is 29.9 Å². The first-order chi connectivity index (χ1) is 11.3. The number of allylic oxidation sites excluding steroid dienone is 3. The monoisotopic (exact) mass is 326 g/mol. The van der Waals surface area contributed by atoms with E-state index < -0.39 is 0 Å². The van der Waals surface area contributed by atoms with Crippen molar-refractivity contribution in [2.24, 2.45) is 5.92 Å². The Hall–Kier alpha value is -2.03. The van der Waals surface area contributed by atoms with Crippen LogP contribution in [0.3, 0.4) is 0 Å². The molecule has 0 saturated carbocycles. The van der Waals surface area contributed by atoms with Crippen molar-refractivity contribution in [3.63, 3.8) is 0 Å². The fourth-order valence-corrected chi connectivity index (χ4v) is 3.99. The van der Waals surface area contributed by atoms with Gasteiger partial charge in [-0.05, 0) is 57.4 Å². The van der Waals surface area contributed by atoms with Gasteiger partial charge in [0.25, 0.3) is 0 Å². The predicted molar refractivity (Wildman–Crippen MR) is 96.4 cm³/mol. The Morgan fingerprint density at radius 2 is 2.17 bits per heavy atom. The molecule has 0 radical (unpaired) electrons. The summed E-state index contributed by atoms with van der Waals surface area (Å²) in [7, 11) is 0. The Kier molecular flexibility index (Phi) is 4.29. The SMILES string of the molecule is CCC(=O)C=Cc1cc(O)c2c(c1)OC(C)(C)C1CC=C(C)CC21. The van der Waals surface area contributed by atoms with E-state index >= 15 is 0 Å². The number of hydrogen-bond donors (Lipinski definition) is 1. The van der Waals surface area contributed by atoms with E-state index in [4.69, 9.17) is 4.74 Å². The Bertz CT molecular complexity index is 725. The average Bonchev–Trinajstić information content (AvgIpc) is 2.51. The summed E-state index contributed by atoms with van der Waals surface area (Å²) in [6.45, 7) is 8.25. The highest BCUT2D eigenvalue weighted by Crippen LogP contribution is 2.54. The number of carbonyl (C=O) groups is 1. The van der Waals surface area contributed by atoms with Crippen molar-refractivity contribution in [2.75, 3.05) is 0 Å². The minimum Gasteiger partial charge on any atom is -0.507 e. The summed E-state index contributed by atoms with van der Waals surface area (Å²) in [5.41, 5.74) is 2.82. The van der Waals surface area contributed by atoms with Crippen LogP contribution in [0, 0.1) is 5.92 Å². The van der Waals surface area contributed by atoms with E-state index in [1.165, 1.54) is 5.57 Å². The lowest BCUT2D eigenvalue weighted by molar-refractivity contribution is -0.114. The van der Waals surface area contributed by atoms with E-state index in [1.54, 1.807) is 18.2 Å². The van der Waals surface area contributed by atoms with Crippen LogP contribution in [0.2, 0.25) is 0 Å².